The molecule has 0 fully saturated rings. The van der Waals surface area contributed by atoms with Crippen molar-refractivity contribution in [1.82, 2.24) is 14.8 Å². The Labute approximate surface area is 191 Å². The van der Waals surface area contributed by atoms with Crippen molar-refractivity contribution in [2.75, 3.05) is 25.3 Å². The lowest BCUT2D eigenvalue weighted by atomic mass is 10.2. The fraction of sp³-hybridized carbons (Fsp3) is 0.409. The van der Waals surface area contributed by atoms with E-state index in [-0.39, 0.29) is 11.7 Å². The number of thioether (sulfide) groups is 1. The molecule has 1 N–H and O–H groups in total. The lowest BCUT2D eigenvalue weighted by Crippen LogP contribution is -2.15. The van der Waals surface area contributed by atoms with Gasteiger partial charge in [0.05, 0.1) is 25.7 Å². The molecule has 0 atom stereocenters. The Hall–Kier alpha value is -2.52. The number of carbonyl (C=O) groups excluding carboxylic acids is 1. The second kappa shape index (κ2) is 11.2. The summed E-state index contributed by atoms with van der Waals surface area (Å²) in [4.78, 5) is 13.9. The highest BCUT2D eigenvalue weighted by Crippen LogP contribution is 2.31. The van der Waals surface area contributed by atoms with Crippen molar-refractivity contribution < 1.29 is 14.3 Å². The van der Waals surface area contributed by atoms with Crippen molar-refractivity contribution in [2.24, 2.45) is 0 Å². The van der Waals surface area contributed by atoms with E-state index in [1.54, 1.807) is 43.8 Å². The molecule has 0 saturated carbocycles. The quantitative estimate of drug-likeness (QED) is 0.400. The molecule has 166 valence electrons. The van der Waals surface area contributed by atoms with Crippen LogP contribution in [0.2, 0.25) is 0 Å². The van der Waals surface area contributed by atoms with Crippen molar-refractivity contribution in [3.63, 3.8) is 0 Å². The lowest BCUT2D eigenvalue weighted by Gasteiger charge is -2.12. The van der Waals surface area contributed by atoms with E-state index in [0.29, 0.717) is 17.2 Å². The third kappa shape index (κ3) is 5.80. The first-order chi connectivity index (χ1) is 15.1. The van der Waals surface area contributed by atoms with E-state index in [1.165, 1.54) is 16.6 Å². The van der Waals surface area contributed by atoms with Gasteiger partial charge in [-0.2, -0.15) is 0 Å². The number of aryl methyl sites for hydroxylation is 1. The van der Waals surface area contributed by atoms with Gasteiger partial charge in [-0.05, 0) is 31.0 Å². The highest BCUT2D eigenvalue weighted by atomic mass is 32.2. The van der Waals surface area contributed by atoms with Crippen LogP contribution in [0.3, 0.4) is 0 Å². The Morgan fingerprint density at radius 2 is 2.00 bits per heavy atom. The first-order valence-electron chi connectivity index (χ1n) is 10.2. The number of ether oxygens (including phenoxy) is 2. The van der Waals surface area contributed by atoms with Crippen LogP contribution in [0.1, 0.15) is 31.6 Å². The number of hydrogen-bond donors (Lipinski definition) is 1. The lowest BCUT2D eigenvalue weighted by molar-refractivity contribution is -0.113. The van der Waals surface area contributed by atoms with Crippen molar-refractivity contribution in [3.05, 3.63) is 34.5 Å². The van der Waals surface area contributed by atoms with Gasteiger partial charge in [0.15, 0.2) is 11.0 Å². The normalized spacial score (nSPS) is 10.8. The maximum Gasteiger partial charge on any atom is 0.234 e. The van der Waals surface area contributed by atoms with Crippen molar-refractivity contribution in [2.45, 2.75) is 44.8 Å². The van der Waals surface area contributed by atoms with Crippen molar-refractivity contribution in [1.29, 1.82) is 0 Å². The van der Waals surface area contributed by atoms with E-state index in [4.69, 9.17) is 9.47 Å². The zero-order valence-electron chi connectivity index (χ0n) is 18.3. The number of methoxy groups -OCH3 is 2. The zero-order chi connectivity index (χ0) is 22.2. The van der Waals surface area contributed by atoms with E-state index in [1.807, 2.05) is 0 Å². The van der Waals surface area contributed by atoms with Gasteiger partial charge in [-0.1, -0.05) is 32.0 Å². The van der Waals surface area contributed by atoms with Gasteiger partial charge in [0.1, 0.15) is 11.5 Å². The van der Waals surface area contributed by atoms with Crippen LogP contribution in [0, 0.1) is 0 Å². The van der Waals surface area contributed by atoms with Gasteiger partial charge >= 0.3 is 0 Å². The highest BCUT2D eigenvalue weighted by Gasteiger charge is 2.17. The molecule has 0 aliphatic rings. The van der Waals surface area contributed by atoms with Crippen molar-refractivity contribution in [3.8, 4) is 22.9 Å². The second-order valence-electron chi connectivity index (χ2n) is 6.91. The maximum absolute atomic E-state index is 12.6. The zero-order valence-corrected chi connectivity index (χ0v) is 19.9. The smallest absolute Gasteiger partial charge is 0.234 e. The largest absolute Gasteiger partial charge is 0.497 e. The molecule has 3 rings (SSSR count). The van der Waals surface area contributed by atoms with Gasteiger partial charge in [0.25, 0.3) is 0 Å². The Morgan fingerprint density at radius 1 is 1.16 bits per heavy atom. The van der Waals surface area contributed by atoms with Crippen LogP contribution in [-0.2, 0) is 17.8 Å². The molecule has 0 radical (unpaired) electrons. The minimum Gasteiger partial charge on any atom is -0.497 e. The number of nitrogens with one attached hydrogen (secondary N) is 1. The number of amides is 1. The Kier molecular flexibility index (Phi) is 8.36. The summed E-state index contributed by atoms with van der Waals surface area (Å²) in [5.41, 5.74) is 1.69. The van der Waals surface area contributed by atoms with Crippen LogP contribution in [-0.4, -0.2) is 40.6 Å². The van der Waals surface area contributed by atoms with Gasteiger partial charge in [0, 0.05) is 28.4 Å². The summed E-state index contributed by atoms with van der Waals surface area (Å²) < 4.78 is 12.6. The van der Waals surface area contributed by atoms with Crippen LogP contribution in [0.15, 0.2) is 34.8 Å². The molecule has 31 heavy (non-hydrogen) atoms. The molecular formula is C22H28N4O3S2. The number of nitrogens with zero attached hydrogens (tertiary/aromatic N) is 3. The average molecular weight is 461 g/mol. The van der Waals surface area contributed by atoms with Gasteiger partial charge in [0.2, 0.25) is 5.91 Å². The number of carbonyl (C=O) groups is 1. The first kappa shape index (κ1) is 23.1. The summed E-state index contributed by atoms with van der Waals surface area (Å²) in [5, 5.41) is 14.6. The minimum atomic E-state index is -0.137. The maximum atomic E-state index is 12.6. The highest BCUT2D eigenvalue weighted by molar-refractivity contribution is 7.99. The number of rotatable bonds is 11. The van der Waals surface area contributed by atoms with E-state index < -0.39 is 0 Å². The number of hydrogen-bond acceptors (Lipinski definition) is 7. The molecule has 1 aromatic carbocycles. The molecule has 1 amide bonds. The van der Waals surface area contributed by atoms with Gasteiger partial charge in [-0.25, -0.2) is 0 Å². The van der Waals surface area contributed by atoms with Gasteiger partial charge < -0.3 is 19.4 Å². The summed E-state index contributed by atoms with van der Waals surface area (Å²) in [6.07, 6.45) is 3.15. The van der Waals surface area contributed by atoms with Gasteiger partial charge in [-0.3, -0.25) is 4.79 Å². The summed E-state index contributed by atoms with van der Waals surface area (Å²) in [7, 11) is 3.15. The molecule has 2 heterocycles. The van der Waals surface area contributed by atoms with E-state index in [9.17, 15) is 4.79 Å². The summed E-state index contributed by atoms with van der Waals surface area (Å²) >= 11 is 3.14. The molecule has 0 aliphatic heterocycles. The number of benzene rings is 1. The fourth-order valence-corrected chi connectivity index (χ4v) is 4.86. The molecule has 0 spiro atoms. The van der Waals surface area contributed by atoms with E-state index in [0.717, 1.165) is 42.4 Å². The Bertz CT molecular complexity index is 1020. The van der Waals surface area contributed by atoms with E-state index >= 15 is 0 Å². The Morgan fingerprint density at radius 3 is 2.71 bits per heavy atom. The first-order valence-corrected chi connectivity index (χ1v) is 12.1. The van der Waals surface area contributed by atoms with Crippen LogP contribution < -0.4 is 14.8 Å². The molecule has 9 heteroatoms. The number of thiophene rings is 1. The third-order valence-corrected chi connectivity index (χ3v) is 6.55. The van der Waals surface area contributed by atoms with Crippen molar-refractivity contribution >= 4 is 34.7 Å². The molecule has 7 nitrogen and oxygen atoms in total. The number of anilines is 1. The molecule has 0 unspecified atom stereocenters. The van der Waals surface area contributed by atoms with Crippen LogP contribution >= 0.6 is 23.1 Å². The topological polar surface area (TPSA) is 78.3 Å². The van der Waals surface area contributed by atoms with E-state index in [2.05, 4.69) is 45.4 Å². The van der Waals surface area contributed by atoms with Crippen LogP contribution in [0.4, 0.5) is 5.69 Å². The molecule has 3 aromatic rings. The predicted molar refractivity (Wildman–Crippen MR) is 127 cm³/mol. The summed E-state index contributed by atoms with van der Waals surface area (Å²) in [6, 6.07) is 7.48. The van der Waals surface area contributed by atoms with Gasteiger partial charge in [-0.15, -0.1) is 21.5 Å². The average Bonchev–Trinajstić information content (AvgIpc) is 3.40. The van der Waals surface area contributed by atoms with Crippen LogP contribution in [0.25, 0.3) is 11.4 Å². The molecular weight excluding hydrogens is 432 g/mol. The molecule has 2 aromatic heterocycles. The molecule has 0 saturated heterocycles. The number of aromatic nitrogens is 3. The fourth-order valence-electron chi connectivity index (χ4n) is 3.13. The standard InChI is InChI=1S/C22H28N4O3S2/c1-5-7-17-11-15(13-30-17)21-24-25-22(26(21)10-6-2)31-14-20(27)23-18-9-8-16(28-3)12-19(18)29-4/h8-9,11-13H,5-7,10,14H2,1-4H3,(H,23,27). The SMILES string of the molecule is CCCc1cc(-c2nnc(SCC(=O)Nc3ccc(OC)cc3OC)n2CCC)cs1. The molecule has 0 aliphatic carbocycles. The predicted octanol–water partition coefficient (Wildman–Crippen LogP) is 5.12. The molecule has 0 bridgehead atoms. The Balaban J connectivity index is 1.69. The minimum absolute atomic E-state index is 0.137. The second-order valence-corrected chi connectivity index (χ2v) is 8.85. The third-order valence-electron chi connectivity index (χ3n) is 4.59. The van der Waals surface area contributed by atoms with Crippen LogP contribution in [0.5, 0.6) is 11.5 Å². The summed E-state index contributed by atoms with van der Waals surface area (Å²) in [6.45, 7) is 5.11. The monoisotopic (exact) mass is 460 g/mol. The summed E-state index contributed by atoms with van der Waals surface area (Å²) in [5.74, 6) is 2.17.